The fourth-order valence-corrected chi connectivity index (χ4v) is 3.74. The summed E-state index contributed by atoms with van der Waals surface area (Å²) < 4.78 is 25.4. The Kier molecular flexibility index (Phi) is 3.88. The van der Waals surface area contributed by atoms with E-state index in [1.165, 1.54) is 6.07 Å². The molecule has 1 aliphatic rings. The first-order valence-electron chi connectivity index (χ1n) is 7.17. The monoisotopic (exact) mass is 321 g/mol. The molecule has 3 heterocycles. The zero-order valence-electron chi connectivity index (χ0n) is 12.4. The highest BCUT2D eigenvalue weighted by Gasteiger charge is 2.27. The van der Waals surface area contributed by atoms with Gasteiger partial charge in [0.2, 0.25) is 10.0 Å². The van der Waals surface area contributed by atoms with E-state index in [1.807, 2.05) is 22.7 Å². The van der Waals surface area contributed by atoms with Crippen LogP contribution in [0, 0.1) is 0 Å². The second-order valence-electron chi connectivity index (χ2n) is 5.54. The van der Waals surface area contributed by atoms with Gasteiger partial charge < -0.3 is 4.90 Å². The van der Waals surface area contributed by atoms with E-state index in [9.17, 15) is 8.42 Å². The molecule has 1 saturated heterocycles. The summed E-state index contributed by atoms with van der Waals surface area (Å²) in [5.74, 6) is 0.744. The molecule has 1 atom stereocenters. The van der Waals surface area contributed by atoms with Gasteiger partial charge in [-0.05, 0) is 31.0 Å². The van der Waals surface area contributed by atoms with Crippen molar-refractivity contribution in [2.24, 2.45) is 12.2 Å². The number of hydrogen-bond acceptors (Lipinski definition) is 5. The van der Waals surface area contributed by atoms with Gasteiger partial charge in [-0.3, -0.25) is 4.68 Å². The van der Waals surface area contributed by atoms with E-state index >= 15 is 0 Å². The molecular weight excluding hydrogens is 302 g/mol. The Morgan fingerprint density at radius 2 is 2.14 bits per heavy atom. The van der Waals surface area contributed by atoms with Crippen molar-refractivity contribution in [2.45, 2.75) is 23.7 Å². The van der Waals surface area contributed by atoms with Gasteiger partial charge >= 0.3 is 0 Å². The smallest absolute Gasteiger partial charge is 0.241 e. The van der Waals surface area contributed by atoms with E-state index in [4.69, 9.17) is 5.14 Å². The summed E-state index contributed by atoms with van der Waals surface area (Å²) >= 11 is 0. The average molecular weight is 321 g/mol. The quantitative estimate of drug-likeness (QED) is 0.904. The highest BCUT2D eigenvalue weighted by atomic mass is 32.2. The normalized spacial score (nSPS) is 19.4. The Labute approximate surface area is 129 Å². The third-order valence-corrected chi connectivity index (χ3v) is 4.99. The summed E-state index contributed by atoms with van der Waals surface area (Å²) in [5.41, 5.74) is 1.15. The largest absolute Gasteiger partial charge is 0.355 e. The van der Waals surface area contributed by atoms with Crippen LogP contribution in [0.5, 0.6) is 0 Å². The summed E-state index contributed by atoms with van der Waals surface area (Å²) in [4.78, 5) is 6.34. The maximum absolute atomic E-state index is 11.8. The molecule has 22 heavy (non-hydrogen) atoms. The average Bonchev–Trinajstić information content (AvgIpc) is 2.93. The summed E-state index contributed by atoms with van der Waals surface area (Å²) in [6.45, 7) is 1.48. The van der Waals surface area contributed by atoms with Crippen molar-refractivity contribution >= 4 is 15.8 Å². The third kappa shape index (κ3) is 2.84. The number of pyridine rings is 1. The lowest BCUT2D eigenvalue weighted by molar-refractivity contribution is 0.478. The Bertz CT molecular complexity index is 771. The molecule has 1 unspecified atom stereocenters. The fraction of sp³-hybridized carbons (Fsp3) is 0.429. The van der Waals surface area contributed by atoms with Gasteiger partial charge in [0.05, 0.1) is 0 Å². The third-order valence-electron chi connectivity index (χ3n) is 4.06. The lowest BCUT2D eigenvalue weighted by Gasteiger charge is -2.34. The topological polar surface area (TPSA) is 94.1 Å². The molecular formula is C14H19N5O2S. The van der Waals surface area contributed by atoms with E-state index in [0.717, 1.165) is 25.1 Å². The van der Waals surface area contributed by atoms with Crippen LogP contribution >= 0.6 is 0 Å². The number of nitrogens with two attached hydrogens (primary N) is 1. The minimum absolute atomic E-state index is 0.0839. The van der Waals surface area contributed by atoms with Crippen molar-refractivity contribution in [3.05, 3.63) is 36.3 Å². The molecule has 3 rings (SSSR count). The van der Waals surface area contributed by atoms with E-state index in [-0.39, 0.29) is 4.90 Å². The van der Waals surface area contributed by atoms with E-state index in [0.29, 0.717) is 18.3 Å². The molecule has 0 aromatic carbocycles. The van der Waals surface area contributed by atoms with Crippen LogP contribution in [-0.2, 0) is 17.1 Å². The molecule has 0 aliphatic carbocycles. The molecule has 1 fully saturated rings. The van der Waals surface area contributed by atoms with Gasteiger partial charge in [0.25, 0.3) is 0 Å². The first-order chi connectivity index (χ1) is 10.5. The molecule has 0 spiro atoms. The van der Waals surface area contributed by atoms with E-state index < -0.39 is 10.0 Å². The first-order valence-corrected chi connectivity index (χ1v) is 8.72. The molecule has 1 aliphatic heterocycles. The highest BCUT2D eigenvalue weighted by molar-refractivity contribution is 7.89. The van der Waals surface area contributed by atoms with Crippen LogP contribution in [0.15, 0.2) is 35.5 Å². The Balaban J connectivity index is 1.92. The minimum atomic E-state index is -3.78. The van der Waals surface area contributed by atoms with Crippen LogP contribution in [0.25, 0.3) is 0 Å². The number of rotatable bonds is 3. The molecule has 7 nitrogen and oxygen atoms in total. The first kappa shape index (κ1) is 15.0. The molecule has 2 aromatic rings. The van der Waals surface area contributed by atoms with Gasteiger partial charge in [0.1, 0.15) is 10.7 Å². The SMILES string of the molecule is Cn1nccc1C1CCCN(c2ncccc2S(N)(=O)=O)C1. The molecule has 0 bridgehead atoms. The van der Waals surface area contributed by atoms with Crippen molar-refractivity contribution in [1.82, 2.24) is 14.8 Å². The summed E-state index contributed by atoms with van der Waals surface area (Å²) in [5, 5.41) is 9.52. The van der Waals surface area contributed by atoms with E-state index in [1.54, 1.807) is 18.5 Å². The van der Waals surface area contributed by atoms with Gasteiger partial charge in [-0.25, -0.2) is 18.5 Å². The predicted molar refractivity (Wildman–Crippen MR) is 83.0 cm³/mol. The van der Waals surface area contributed by atoms with Crippen LogP contribution in [-0.4, -0.2) is 36.3 Å². The number of sulfonamides is 1. The van der Waals surface area contributed by atoms with Crippen molar-refractivity contribution in [3.63, 3.8) is 0 Å². The Morgan fingerprint density at radius 1 is 1.32 bits per heavy atom. The van der Waals surface area contributed by atoms with E-state index in [2.05, 4.69) is 10.1 Å². The predicted octanol–water partition coefficient (Wildman–Crippen LogP) is 0.847. The fourth-order valence-electron chi connectivity index (χ4n) is 3.04. The summed E-state index contributed by atoms with van der Waals surface area (Å²) in [6.07, 6.45) is 5.40. The Morgan fingerprint density at radius 3 is 2.82 bits per heavy atom. The number of aryl methyl sites for hydroxylation is 1. The highest BCUT2D eigenvalue weighted by Crippen LogP contribution is 2.31. The lowest BCUT2D eigenvalue weighted by Crippen LogP contribution is -2.36. The summed E-state index contributed by atoms with van der Waals surface area (Å²) in [7, 11) is -1.86. The van der Waals surface area contributed by atoms with Gasteiger partial charge in [-0.1, -0.05) is 0 Å². The zero-order chi connectivity index (χ0) is 15.7. The maximum Gasteiger partial charge on any atom is 0.241 e. The minimum Gasteiger partial charge on any atom is -0.355 e. The van der Waals surface area contributed by atoms with Crippen LogP contribution in [0.4, 0.5) is 5.82 Å². The molecule has 118 valence electrons. The van der Waals surface area contributed by atoms with Crippen molar-refractivity contribution in [2.75, 3.05) is 18.0 Å². The molecule has 2 aromatic heterocycles. The second kappa shape index (κ2) is 5.69. The maximum atomic E-state index is 11.8. The molecule has 0 saturated carbocycles. The van der Waals surface area contributed by atoms with Crippen LogP contribution in [0.1, 0.15) is 24.5 Å². The molecule has 0 radical (unpaired) electrons. The second-order valence-corrected chi connectivity index (χ2v) is 7.06. The number of anilines is 1. The number of hydrogen-bond donors (Lipinski definition) is 1. The van der Waals surface area contributed by atoms with Crippen LogP contribution < -0.4 is 10.0 Å². The molecule has 8 heteroatoms. The zero-order valence-corrected chi connectivity index (χ0v) is 13.2. The Hall–Kier alpha value is -1.93. The number of primary sulfonamides is 1. The van der Waals surface area contributed by atoms with Crippen molar-refractivity contribution in [3.8, 4) is 0 Å². The summed E-state index contributed by atoms with van der Waals surface area (Å²) in [6, 6.07) is 5.10. The van der Waals surface area contributed by atoms with Crippen molar-refractivity contribution < 1.29 is 8.42 Å². The van der Waals surface area contributed by atoms with Crippen LogP contribution in [0.3, 0.4) is 0 Å². The lowest BCUT2D eigenvalue weighted by atomic mass is 9.94. The molecule has 0 amide bonds. The van der Waals surface area contributed by atoms with Crippen molar-refractivity contribution in [1.29, 1.82) is 0 Å². The van der Waals surface area contributed by atoms with Gasteiger partial charge in [0, 0.05) is 44.1 Å². The van der Waals surface area contributed by atoms with Gasteiger partial charge in [0.15, 0.2) is 0 Å². The molecule has 2 N–H and O–H groups in total. The number of nitrogens with zero attached hydrogens (tertiary/aromatic N) is 4. The standard InChI is InChI=1S/C14H19N5O2S/c1-18-12(6-8-17-18)11-4-3-9-19(10-11)14-13(22(15,20)21)5-2-7-16-14/h2,5-8,11H,3-4,9-10H2,1H3,(H2,15,20,21). The van der Waals surface area contributed by atoms with Gasteiger partial charge in [-0.15, -0.1) is 0 Å². The van der Waals surface area contributed by atoms with Gasteiger partial charge in [-0.2, -0.15) is 5.10 Å². The van der Waals surface area contributed by atoms with Crippen LogP contribution in [0.2, 0.25) is 0 Å². The number of aromatic nitrogens is 3. The number of piperidine rings is 1.